The summed E-state index contributed by atoms with van der Waals surface area (Å²) in [7, 11) is -3.53. The molecule has 4 rings (SSSR count). The molecular formula is C22H26N2O3S2. The van der Waals surface area contributed by atoms with E-state index in [1.807, 2.05) is 36.1 Å². The first-order chi connectivity index (χ1) is 14.0. The Bertz CT molecular complexity index is 989. The van der Waals surface area contributed by atoms with Crippen LogP contribution >= 0.6 is 11.8 Å². The fourth-order valence-corrected chi connectivity index (χ4v) is 6.72. The number of hydrogen-bond donors (Lipinski definition) is 0. The normalized spacial score (nSPS) is 20.7. The SMILES string of the molecule is CC1CCCCN1S(=O)(=O)c1ccc(C(=O)N2CCCSc3ccccc32)cc1. The summed E-state index contributed by atoms with van der Waals surface area (Å²) >= 11 is 1.77. The van der Waals surface area contributed by atoms with E-state index in [1.54, 1.807) is 40.3 Å². The monoisotopic (exact) mass is 430 g/mol. The number of benzene rings is 2. The van der Waals surface area contributed by atoms with Crippen LogP contribution in [0.25, 0.3) is 0 Å². The number of carbonyl (C=O) groups excluding carboxylic acids is 1. The molecule has 0 N–H and O–H groups in total. The van der Waals surface area contributed by atoms with Crippen LogP contribution in [0.15, 0.2) is 58.3 Å². The minimum Gasteiger partial charge on any atom is -0.307 e. The number of amides is 1. The lowest BCUT2D eigenvalue weighted by Crippen LogP contribution is -2.41. The van der Waals surface area contributed by atoms with Crippen molar-refractivity contribution in [3.05, 3.63) is 54.1 Å². The summed E-state index contributed by atoms with van der Waals surface area (Å²) < 4.78 is 27.6. The number of anilines is 1. The second-order valence-corrected chi connectivity index (χ2v) is 10.6. The number of para-hydroxylation sites is 1. The van der Waals surface area contributed by atoms with Crippen LogP contribution in [-0.2, 0) is 10.0 Å². The van der Waals surface area contributed by atoms with Crippen LogP contribution in [-0.4, -0.2) is 43.5 Å². The average Bonchev–Trinajstić information content (AvgIpc) is 2.96. The van der Waals surface area contributed by atoms with Crippen molar-refractivity contribution in [2.24, 2.45) is 0 Å². The topological polar surface area (TPSA) is 57.7 Å². The second kappa shape index (κ2) is 8.50. The van der Waals surface area contributed by atoms with Crippen LogP contribution in [0.1, 0.15) is 43.0 Å². The van der Waals surface area contributed by atoms with Crippen molar-refractivity contribution in [2.45, 2.75) is 48.4 Å². The third kappa shape index (κ3) is 4.09. The van der Waals surface area contributed by atoms with E-state index in [4.69, 9.17) is 0 Å². The van der Waals surface area contributed by atoms with Crippen molar-refractivity contribution in [3.8, 4) is 0 Å². The van der Waals surface area contributed by atoms with Gasteiger partial charge in [-0.15, -0.1) is 11.8 Å². The first-order valence-corrected chi connectivity index (χ1v) is 12.6. The van der Waals surface area contributed by atoms with E-state index < -0.39 is 10.0 Å². The molecule has 7 heteroatoms. The van der Waals surface area contributed by atoms with Gasteiger partial charge >= 0.3 is 0 Å². The Morgan fingerprint density at radius 3 is 2.52 bits per heavy atom. The number of nitrogens with zero attached hydrogens (tertiary/aromatic N) is 2. The molecule has 0 aliphatic carbocycles. The molecule has 29 heavy (non-hydrogen) atoms. The molecule has 1 fully saturated rings. The van der Waals surface area contributed by atoms with Gasteiger partial charge in [0.25, 0.3) is 5.91 Å². The van der Waals surface area contributed by atoms with Crippen molar-refractivity contribution >= 4 is 33.4 Å². The molecule has 2 aliphatic rings. The van der Waals surface area contributed by atoms with Crippen LogP contribution < -0.4 is 4.90 Å². The third-order valence-corrected chi connectivity index (χ3v) is 8.81. The number of piperidine rings is 1. The van der Waals surface area contributed by atoms with Gasteiger partial charge in [0.2, 0.25) is 10.0 Å². The third-order valence-electron chi connectivity index (χ3n) is 5.63. The van der Waals surface area contributed by atoms with Crippen LogP contribution in [0.2, 0.25) is 0 Å². The van der Waals surface area contributed by atoms with Gasteiger partial charge in [-0.25, -0.2) is 8.42 Å². The van der Waals surface area contributed by atoms with Gasteiger partial charge in [0.15, 0.2) is 0 Å². The molecule has 154 valence electrons. The molecule has 0 bridgehead atoms. The zero-order valence-electron chi connectivity index (χ0n) is 16.6. The van der Waals surface area contributed by atoms with Gasteiger partial charge in [0.1, 0.15) is 0 Å². The van der Waals surface area contributed by atoms with Crippen molar-refractivity contribution in [1.82, 2.24) is 4.31 Å². The summed E-state index contributed by atoms with van der Waals surface area (Å²) in [5, 5.41) is 0. The summed E-state index contributed by atoms with van der Waals surface area (Å²) in [5.74, 6) is 0.890. The Morgan fingerprint density at radius 2 is 1.76 bits per heavy atom. The summed E-state index contributed by atoms with van der Waals surface area (Å²) in [6, 6.07) is 14.4. The van der Waals surface area contributed by atoms with Gasteiger partial charge in [0.05, 0.1) is 10.6 Å². The molecule has 2 heterocycles. The molecule has 1 amide bonds. The first kappa shape index (κ1) is 20.4. The van der Waals surface area contributed by atoms with Gasteiger partial charge in [-0.1, -0.05) is 18.6 Å². The lowest BCUT2D eigenvalue weighted by molar-refractivity contribution is 0.0986. The standard InChI is InChI=1S/C22H26N2O3S2/c1-17-7-4-5-15-24(17)29(26,27)19-12-10-18(11-13-19)22(25)23-14-6-16-28-21-9-3-2-8-20(21)23/h2-3,8-13,17H,4-7,14-16H2,1H3. The van der Waals surface area contributed by atoms with Crippen molar-refractivity contribution in [3.63, 3.8) is 0 Å². The molecule has 5 nitrogen and oxygen atoms in total. The zero-order valence-corrected chi connectivity index (χ0v) is 18.2. The van der Waals surface area contributed by atoms with Crippen molar-refractivity contribution < 1.29 is 13.2 Å². The van der Waals surface area contributed by atoms with Gasteiger partial charge < -0.3 is 4.90 Å². The van der Waals surface area contributed by atoms with Crippen LogP contribution in [0.3, 0.4) is 0 Å². The maximum atomic E-state index is 13.2. The van der Waals surface area contributed by atoms with Crippen LogP contribution in [0, 0.1) is 0 Å². The highest BCUT2D eigenvalue weighted by Gasteiger charge is 2.31. The molecule has 0 spiro atoms. The Labute approximate surface area is 177 Å². The number of sulfonamides is 1. The van der Waals surface area contributed by atoms with Gasteiger partial charge in [0, 0.05) is 29.6 Å². The molecular weight excluding hydrogens is 404 g/mol. The molecule has 0 saturated carbocycles. The number of rotatable bonds is 3. The second-order valence-electron chi connectivity index (χ2n) is 7.61. The van der Waals surface area contributed by atoms with E-state index in [2.05, 4.69) is 0 Å². The number of carbonyl (C=O) groups is 1. The van der Waals surface area contributed by atoms with Gasteiger partial charge in [-0.3, -0.25) is 4.79 Å². The molecule has 1 atom stereocenters. The number of hydrogen-bond acceptors (Lipinski definition) is 4. The minimum atomic E-state index is -3.53. The Balaban J connectivity index is 1.59. The van der Waals surface area contributed by atoms with Crippen molar-refractivity contribution in [2.75, 3.05) is 23.7 Å². The van der Waals surface area contributed by atoms with E-state index in [0.29, 0.717) is 18.7 Å². The molecule has 1 saturated heterocycles. The van der Waals surface area contributed by atoms with E-state index in [1.165, 1.54) is 0 Å². The Kier molecular flexibility index (Phi) is 5.99. The predicted octanol–water partition coefficient (Wildman–Crippen LogP) is 4.39. The lowest BCUT2D eigenvalue weighted by Gasteiger charge is -2.32. The predicted molar refractivity (Wildman–Crippen MR) is 117 cm³/mol. The first-order valence-electron chi connectivity index (χ1n) is 10.1. The van der Waals surface area contributed by atoms with E-state index in [0.717, 1.165) is 42.0 Å². The fourth-order valence-electron chi connectivity index (χ4n) is 4.03. The van der Waals surface area contributed by atoms with Crippen molar-refractivity contribution in [1.29, 1.82) is 0 Å². The highest BCUT2D eigenvalue weighted by molar-refractivity contribution is 7.99. The van der Waals surface area contributed by atoms with Crippen LogP contribution in [0.5, 0.6) is 0 Å². The highest BCUT2D eigenvalue weighted by atomic mass is 32.2. The Hall–Kier alpha value is -1.83. The van der Waals surface area contributed by atoms with Gasteiger partial charge in [-0.05, 0) is 68.3 Å². The lowest BCUT2D eigenvalue weighted by atomic mass is 10.1. The molecule has 0 aromatic heterocycles. The number of fused-ring (bicyclic) bond motifs is 1. The highest BCUT2D eigenvalue weighted by Crippen LogP contribution is 2.34. The van der Waals surface area contributed by atoms with E-state index in [-0.39, 0.29) is 16.8 Å². The van der Waals surface area contributed by atoms with Gasteiger partial charge in [-0.2, -0.15) is 4.31 Å². The summed E-state index contributed by atoms with van der Waals surface area (Å²) in [5.41, 5.74) is 1.44. The molecule has 2 aromatic rings. The summed E-state index contributed by atoms with van der Waals surface area (Å²) in [4.78, 5) is 16.4. The zero-order chi connectivity index (χ0) is 20.4. The molecule has 0 radical (unpaired) electrons. The Morgan fingerprint density at radius 1 is 1.00 bits per heavy atom. The number of thioether (sulfide) groups is 1. The molecule has 2 aliphatic heterocycles. The smallest absolute Gasteiger partial charge is 0.258 e. The average molecular weight is 431 g/mol. The summed E-state index contributed by atoms with van der Waals surface area (Å²) in [6.07, 6.45) is 3.77. The largest absolute Gasteiger partial charge is 0.307 e. The maximum absolute atomic E-state index is 13.2. The maximum Gasteiger partial charge on any atom is 0.258 e. The van der Waals surface area contributed by atoms with E-state index in [9.17, 15) is 13.2 Å². The molecule has 1 unspecified atom stereocenters. The molecule has 2 aromatic carbocycles. The minimum absolute atomic E-state index is 0.0150. The van der Waals surface area contributed by atoms with Crippen LogP contribution in [0.4, 0.5) is 5.69 Å². The fraction of sp³-hybridized carbons (Fsp3) is 0.409. The quantitative estimate of drug-likeness (QED) is 0.725. The summed E-state index contributed by atoms with van der Waals surface area (Å²) in [6.45, 7) is 3.18. The van der Waals surface area contributed by atoms with E-state index >= 15 is 0 Å².